The first-order valence-electron chi connectivity index (χ1n) is 4.66. The lowest BCUT2D eigenvalue weighted by Gasteiger charge is -2.08. The third-order valence-corrected chi connectivity index (χ3v) is 2.96. The second kappa shape index (κ2) is 3.77. The Morgan fingerprint density at radius 2 is 2.36 bits per heavy atom. The van der Waals surface area contributed by atoms with E-state index < -0.39 is 5.67 Å². The van der Waals surface area contributed by atoms with Gasteiger partial charge < -0.3 is 5.32 Å². The van der Waals surface area contributed by atoms with Gasteiger partial charge in [-0.1, -0.05) is 6.07 Å². The van der Waals surface area contributed by atoms with Crippen LogP contribution < -0.4 is 5.32 Å². The Balaban J connectivity index is 1.94. The highest BCUT2D eigenvalue weighted by Crippen LogP contribution is 2.39. The van der Waals surface area contributed by atoms with Crippen molar-refractivity contribution in [3.8, 4) is 0 Å². The Bertz CT molecular complexity index is 326. The summed E-state index contributed by atoms with van der Waals surface area (Å²) in [6, 6.07) is 5.74. The molecule has 2 nitrogen and oxygen atoms in total. The van der Waals surface area contributed by atoms with Gasteiger partial charge in [0, 0.05) is 0 Å². The molecule has 1 N–H and O–H groups in total. The molecule has 0 bridgehead atoms. The van der Waals surface area contributed by atoms with E-state index in [1.807, 2.05) is 24.5 Å². The molecular weight excluding hydrogens is 199 g/mol. The van der Waals surface area contributed by atoms with Gasteiger partial charge in [0.2, 0.25) is 0 Å². The lowest BCUT2D eigenvalue weighted by molar-refractivity contribution is 0.326. The fraction of sp³-hybridized carbons (Fsp3) is 0.500. The van der Waals surface area contributed by atoms with E-state index in [2.05, 4.69) is 10.3 Å². The standard InChI is InChI=1S/C10H13FN2S/c1-14-9-4-2-3-8(13-9)12-7-10(11)5-6-10/h2-4H,5-7H2,1H3,(H,12,13). The molecule has 0 spiro atoms. The molecule has 1 saturated carbocycles. The monoisotopic (exact) mass is 212 g/mol. The van der Waals surface area contributed by atoms with Gasteiger partial charge in [0.15, 0.2) is 0 Å². The Morgan fingerprint density at radius 1 is 1.57 bits per heavy atom. The van der Waals surface area contributed by atoms with Crippen LogP contribution in [-0.2, 0) is 0 Å². The minimum atomic E-state index is -0.961. The van der Waals surface area contributed by atoms with Gasteiger partial charge in [0.25, 0.3) is 0 Å². The fourth-order valence-electron chi connectivity index (χ4n) is 1.19. The summed E-state index contributed by atoms with van der Waals surface area (Å²) < 4.78 is 13.3. The first-order valence-corrected chi connectivity index (χ1v) is 5.88. The molecule has 0 aromatic carbocycles. The van der Waals surface area contributed by atoms with Gasteiger partial charge in [-0.2, -0.15) is 0 Å². The minimum Gasteiger partial charge on any atom is -0.367 e. The number of halogens is 1. The Hall–Kier alpha value is -0.770. The van der Waals surface area contributed by atoms with Crippen LogP contribution in [0, 0.1) is 0 Å². The quantitative estimate of drug-likeness (QED) is 0.777. The predicted molar refractivity (Wildman–Crippen MR) is 57.6 cm³/mol. The number of nitrogens with zero attached hydrogens (tertiary/aromatic N) is 1. The maximum absolute atomic E-state index is 13.3. The molecule has 1 aromatic rings. The minimum absolute atomic E-state index is 0.387. The number of hydrogen-bond acceptors (Lipinski definition) is 3. The fourth-order valence-corrected chi connectivity index (χ4v) is 1.59. The van der Waals surface area contributed by atoms with Gasteiger partial charge in [0.1, 0.15) is 11.5 Å². The lowest BCUT2D eigenvalue weighted by Crippen LogP contribution is -2.16. The van der Waals surface area contributed by atoms with Crippen LogP contribution >= 0.6 is 11.8 Å². The van der Waals surface area contributed by atoms with E-state index in [0.29, 0.717) is 19.4 Å². The van der Waals surface area contributed by atoms with E-state index in [9.17, 15) is 4.39 Å². The van der Waals surface area contributed by atoms with Crippen molar-refractivity contribution >= 4 is 17.6 Å². The average Bonchev–Trinajstić information content (AvgIpc) is 2.95. The molecule has 0 atom stereocenters. The van der Waals surface area contributed by atoms with Gasteiger partial charge in [-0.15, -0.1) is 11.8 Å². The van der Waals surface area contributed by atoms with E-state index >= 15 is 0 Å². The number of rotatable bonds is 4. The third-order valence-electron chi connectivity index (χ3n) is 2.31. The number of anilines is 1. The number of hydrogen-bond donors (Lipinski definition) is 1. The molecule has 1 fully saturated rings. The molecule has 1 aliphatic carbocycles. The van der Waals surface area contributed by atoms with Crippen molar-refractivity contribution in [2.75, 3.05) is 18.1 Å². The molecule has 1 heterocycles. The largest absolute Gasteiger partial charge is 0.367 e. The number of alkyl halides is 1. The van der Waals surface area contributed by atoms with E-state index in [1.165, 1.54) is 0 Å². The smallest absolute Gasteiger partial charge is 0.128 e. The molecule has 0 unspecified atom stereocenters. The SMILES string of the molecule is CSc1cccc(NCC2(F)CC2)n1. The zero-order chi connectivity index (χ0) is 10.0. The van der Waals surface area contributed by atoms with Crippen LogP contribution in [0.1, 0.15) is 12.8 Å². The van der Waals surface area contributed by atoms with E-state index in [0.717, 1.165) is 10.8 Å². The third kappa shape index (κ3) is 2.38. The summed E-state index contributed by atoms with van der Waals surface area (Å²) in [5, 5.41) is 3.98. The normalized spacial score (nSPS) is 17.9. The van der Waals surface area contributed by atoms with Crippen molar-refractivity contribution < 1.29 is 4.39 Å². The second-order valence-corrected chi connectivity index (χ2v) is 4.40. The average molecular weight is 212 g/mol. The number of pyridine rings is 1. The van der Waals surface area contributed by atoms with E-state index in [4.69, 9.17) is 0 Å². The van der Waals surface area contributed by atoms with Crippen LogP contribution in [0.25, 0.3) is 0 Å². The van der Waals surface area contributed by atoms with Crippen LogP contribution in [0.2, 0.25) is 0 Å². The van der Waals surface area contributed by atoms with Crippen molar-refractivity contribution in [2.24, 2.45) is 0 Å². The summed E-state index contributed by atoms with van der Waals surface area (Å²) in [6.07, 6.45) is 3.34. The van der Waals surface area contributed by atoms with Gasteiger partial charge in [0.05, 0.1) is 11.6 Å². The van der Waals surface area contributed by atoms with Gasteiger partial charge in [-0.05, 0) is 31.2 Å². The summed E-state index contributed by atoms with van der Waals surface area (Å²) in [6.45, 7) is 0.387. The van der Waals surface area contributed by atoms with Gasteiger partial charge >= 0.3 is 0 Å². The summed E-state index contributed by atoms with van der Waals surface area (Å²) in [4.78, 5) is 4.31. The molecule has 2 rings (SSSR count). The summed E-state index contributed by atoms with van der Waals surface area (Å²) in [5.74, 6) is 0.765. The number of nitrogens with one attached hydrogen (secondary N) is 1. The number of thioether (sulfide) groups is 1. The highest BCUT2D eigenvalue weighted by molar-refractivity contribution is 7.98. The van der Waals surface area contributed by atoms with Crippen molar-refractivity contribution in [3.05, 3.63) is 18.2 Å². The zero-order valence-electron chi connectivity index (χ0n) is 8.09. The Morgan fingerprint density at radius 3 is 3.00 bits per heavy atom. The molecule has 0 aliphatic heterocycles. The highest BCUT2D eigenvalue weighted by atomic mass is 32.2. The molecule has 1 aliphatic rings. The second-order valence-electron chi connectivity index (χ2n) is 3.57. The maximum Gasteiger partial charge on any atom is 0.128 e. The van der Waals surface area contributed by atoms with Crippen molar-refractivity contribution in [3.63, 3.8) is 0 Å². The van der Waals surface area contributed by atoms with E-state index in [1.54, 1.807) is 11.8 Å². The molecule has 1 aromatic heterocycles. The molecule has 0 amide bonds. The van der Waals surface area contributed by atoms with Gasteiger partial charge in [-0.3, -0.25) is 0 Å². The molecular formula is C10H13FN2S. The Kier molecular flexibility index (Phi) is 2.63. The molecule has 76 valence electrons. The van der Waals surface area contributed by atoms with Crippen molar-refractivity contribution in [1.29, 1.82) is 0 Å². The summed E-state index contributed by atoms with van der Waals surface area (Å²) >= 11 is 1.59. The Labute approximate surface area is 87.3 Å². The van der Waals surface area contributed by atoms with Crippen LogP contribution in [0.4, 0.5) is 10.2 Å². The van der Waals surface area contributed by atoms with Crippen LogP contribution in [0.3, 0.4) is 0 Å². The molecule has 4 heteroatoms. The van der Waals surface area contributed by atoms with Crippen LogP contribution in [-0.4, -0.2) is 23.5 Å². The summed E-state index contributed by atoms with van der Waals surface area (Å²) in [7, 11) is 0. The van der Waals surface area contributed by atoms with Crippen molar-refractivity contribution in [1.82, 2.24) is 4.98 Å². The van der Waals surface area contributed by atoms with Crippen LogP contribution in [0.15, 0.2) is 23.2 Å². The zero-order valence-corrected chi connectivity index (χ0v) is 8.90. The lowest BCUT2D eigenvalue weighted by atomic mass is 10.3. The first kappa shape index (κ1) is 9.77. The van der Waals surface area contributed by atoms with Crippen LogP contribution in [0.5, 0.6) is 0 Å². The predicted octanol–water partition coefficient (Wildman–Crippen LogP) is 2.72. The van der Waals surface area contributed by atoms with Gasteiger partial charge in [-0.25, -0.2) is 9.37 Å². The molecule has 14 heavy (non-hydrogen) atoms. The topological polar surface area (TPSA) is 24.9 Å². The molecule has 0 saturated heterocycles. The molecule has 0 radical (unpaired) electrons. The summed E-state index contributed by atoms with van der Waals surface area (Å²) in [5.41, 5.74) is -0.961. The van der Waals surface area contributed by atoms with Crippen molar-refractivity contribution in [2.45, 2.75) is 23.5 Å². The first-order chi connectivity index (χ1) is 6.72. The highest BCUT2D eigenvalue weighted by Gasteiger charge is 2.42. The maximum atomic E-state index is 13.3. The number of aromatic nitrogens is 1. The van der Waals surface area contributed by atoms with E-state index in [-0.39, 0.29) is 0 Å².